The maximum absolute atomic E-state index is 10.6. The third-order valence-corrected chi connectivity index (χ3v) is 3.60. The van der Waals surface area contributed by atoms with Crippen LogP contribution >= 0.6 is 0 Å². The number of hydrogen-bond donors (Lipinski definition) is 1. The maximum atomic E-state index is 10.6. The summed E-state index contributed by atoms with van der Waals surface area (Å²) >= 11 is 0. The Morgan fingerprint density at radius 3 is 2.57 bits per heavy atom. The molecular weight excluding hydrogens is 292 g/mol. The predicted molar refractivity (Wildman–Crippen MR) is 89.9 cm³/mol. The molecule has 0 spiro atoms. The van der Waals surface area contributed by atoms with Crippen molar-refractivity contribution >= 4 is 12.0 Å². The zero-order chi connectivity index (χ0) is 16.8. The van der Waals surface area contributed by atoms with Gasteiger partial charge in [0.2, 0.25) is 0 Å². The first-order chi connectivity index (χ1) is 11.0. The SMILES string of the molecule is COc1ccc(/C=C/C(=O)O)cc1COc1ccc(C)c(C)c1. The topological polar surface area (TPSA) is 55.8 Å². The standard InChI is InChI=1S/C19H20O4/c1-13-4-7-17(10-14(13)2)23-12-16-11-15(6-9-19(20)21)5-8-18(16)22-3/h4-11H,12H2,1-3H3,(H,20,21)/b9-6+. The molecule has 4 nitrogen and oxygen atoms in total. The molecule has 0 unspecified atom stereocenters. The van der Waals surface area contributed by atoms with Crippen LogP contribution < -0.4 is 9.47 Å². The van der Waals surface area contributed by atoms with Crippen molar-refractivity contribution in [2.75, 3.05) is 7.11 Å². The molecule has 0 saturated heterocycles. The molecule has 2 rings (SSSR count). The van der Waals surface area contributed by atoms with Crippen molar-refractivity contribution in [1.82, 2.24) is 0 Å². The highest BCUT2D eigenvalue weighted by Gasteiger charge is 2.06. The summed E-state index contributed by atoms with van der Waals surface area (Å²) in [4.78, 5) is 10.6. The Hall–Kier alpha value is -2.75. The average Bonchev–Trinajstić information content (AvgIpc) is 2.54. The number of carbonyl (C=O) groups is 1. The lowest BCUT2D eigenvalue weighted by Crippen LogP contribution is -2.00. The van der Waals surface area contributed by atoms with Gasteiger partial charge in [-0.1, -0.05) is 12.1 Å². The van der Waals surface area contributed by atoms with Crippen LogP contribution in [0.4, 0.5) is 0 Å². The highest BCUT2D eigenvalue weighted by molar-refractivity contribution is 5.85. The number of rotatable bonds is 6. The van der Waals surface area contributed by atoms with Gasteiger partial charge in [0, 0.05) is 11.6 Å². The number of benzene rings is 2. The number of carboxylic acid groups (broad SMARTS) is 1. The molecule has 2 aromatic carbocycles. The molecule has 23 heavy (non-hydrogen) atoms. The van der Waals surface area contributed by atoms with E-state index in [2.05, 4.69) is 6.92 Å². The fraction of sp³-hybridized carbons (Fsp3) is 0.211. The average molecular weight is 312 g/mol. The van der Waals surface area contributed by atoms with Crippen LogP contribution in [0.25, 0.3) is 6.08 Å². The number of aryl methyl sites for hydroxylation is 2. The van der Waals surface area contributed by atoms with Crippen LogP contribution in [-0.4, -0.2) is 18.2 Å². The largest absolute Gasteiger partial charge is 0.496 e. The molecule has 1 N–H and O–H groups in total. The van der Waals surface area contributed by atoms with E-state index in [0.717, 1.165) is 23.0 Å². The van der Waals surface area contributed by atoms with Gasteiger partial charge in [-0.3, -0.25) is 0 Å². The van der Waals surface area contributed by atoms with Gasteiger partial charge in [-0.2, -0.15) is 0 Å². The molecular formula is C19H20O4. The number of carboxylic acids is 1. The van der Waals surface area contributed by atoms with Crippen molar-refractivity contribution in [2.45, 2.75) is 20.5 Å². The van der Waals surface area contributed by atoms with E-state index in [9.17, 15) is 4.79 Å². The zero-order valence-electron chi connectivity index (χ0n) is 13.5. The molecule has 0 aliphatic heterocycles. The Labute approximate surface area is 136 Å². The van der Waals surface area contributed by atoms with E-state index in [4.69, 9.17) is 14.6 Å². The molecule has 0 radical (unpaired) electrons. The van der Waals surface area contributed by atoms with Crippen molar-refractivity contribution in [2.24, 2.45) is 0 Å². The van der Waals surface area contributed by atoms with Crippen molar-refractivity contribution in [3.05, 3.63) is 64.7 Å². The minimum absolute atomic E-state index is 0.348. The Kier molecular flexibility index (Phi) is 5.41. The normalized spacial score (nSPS) is 10.7. The minimum atomic E-state index is -0.978. The fourth-order valence-electron chi connectivity index (χ4n) is 2.15. The fourth-order valence-corrected chi connectivity index (χ4v) is 2.15. The van der Waals surface area contributed by atoms with Gasteiger partial charge >= 0.3 is 5.97 Å². The molecule has 0 amide bonds. The minimum Gasteiger partial charge on any atom is -0.496 e. The number of hydrogen-bond acceptors (Lipinski definition) is 3. The second kappa shape index (κ2) is 7.49. The van der Waals surface area contributed by atoms with Crippen molar-refractivity contribution in [3.63, 3.8) is 0 Å². The van der Waals surface area contributed by atoms with Crippen LogP contribution in [-0.2, 0) is 11.4 Å². The van der Waals surface area contributed by atoms with E-state index in [1.54, 1.807) is 25.3 Å². The van der Waals surface area contributed by atoms with Crippen LogP contribution in [0.2, 0.25) is 0 Å². The van der Waals surface area contributed by atoms with Crippen molar-refractivity contribution in [1.29, 1.82) is 0 Å². The summed E-state index contributed by atoms with van der Waals surface area (Å²) in [5, 5.41) is 8.71. The van der Waals surface area contributed by atoms with Gasteiger partial charge in [0.05, 0.1) is 7.11 Å². The Balaban J connectivity index is 2.18. The van der Waals surface area contributed by atoms with Gasteiger partial charge in [0.15, 0.2) is 0 Å². The van der Waals surface area contributed by atoms with Gasteiger partial charge in [0.25, 0.3) is 0 Å². The van der Waals surface area contributed by atoms with Gasteiger partial charge in [-0.05, 0) is 60.9 Å². The second-order valence-corrected chi connectivity index (χ2v) is 5.28. The monoisotopic (exact) mass is 312 g/mol. The van der Waals surface area contributed by atoms with Crippen LogP contribution in [0.15, 0.2) is 42.5 Å². The Morgan fingerprint density at radius 1 is 1.13 bits per heavy atom. The first-order valence-electron chi connectivity index (χ1n) is 7.27. The lowest BCUT2D eigenvalue weighted by Gasteiger charge is -2.12. The molecule has 0 aliphatic carbocycles. The van der Waals surface area contributed by atoms with Crippen LogP contribution in [0.3, 0.4) is 0 Å². The highest BCUT2D eigenvalue weighted by atomic mass is 16.5. The summed E-state index contributed by atoms with van der Waals surface area (Å²) in [5.41, 5.74) is 4.04. The number of aliphatic carboxylic acids is 1. The number of ether oxygens (including phenoxy) is 2. The lowest BCUT2D eigenvalue weighted by molar-refractivity contribution is -0.131. The molecule has 120 valence electrons. The molecule has 0 bridgehead atoms. The third kappa shape index (κ3) is 4.61. The Morgan fingerprint density at radius 2 is 1.91 bits per heavy atom. The summed E-state index contributed by atoms with van der Waals surface area (Å²) in [5.74, 6) is 0.525. The van der Waals surface area contributed by atoms with Gasteiger partial charge in [-0.25, -0.2) is 4.79 Å². The molecule has 0 atom stereocenters. The van der Waals surface area contributed by atoms with Crippen molar-refractivity contribution in [3.8, 4) is 11.5 Å². The quantitative estimate of drug-likeness (QED) is 0.819. The molecule has 0 fully saturated rings. The van der Waals surface area contributed by atoms with E-state index >= 15 is 0 Å². The lowest BCUT2D eigenvalue weighted by atomic mass is 10.1. The van der Waals surface area contributed by atoms with Crippen LogP contribution in [0, 0.1) is 13.8 Å². The third-order valence-electron chi connectivity index (χ3n) is 3.60. The molecule has 2 aromatic rings. The maximum Gasteiger partial charge on any atom is 0.328 e. The van der Waals surface area contributed by atoms with E-state index in [1.807, 2.05) is 31.2 Å². The number of methoxy groups -OCH3 is 1. The van der Waals surface area contributed by atoms with Crippen molar-refractivity contribution < 1.29 is 19.4 Å². The summed E-state index contributed by atoms with van der Waals surface area (Å²) in [7, 11) is 1.60. The molecule has 0 aliphatic rings. The smallest absolute Gasteiger partial charge is 0.328 e. The first-order valence-corrected chi connectivity index (χ1v) is 7.27. The van der Waals surface area contributed by atoms with Crippen LogP contribution in [0.5, 0.6) is 11.5 Å². The van der Waals surface area contributed by atoms with Gasteiger partial charge in [-0.15, -0.1) is 0 Å². The Bertz CT molecular complexity index is 732. The summed E-state index contributed by atoms with van der Waals surface area (Å²) < 4.78 is 11.2. The molecule has 0 heterocycles. The predicted octanol–water partition coefficient (Wildman–Crippen LogP) is 3.99. The summed E-state index contributed by atoms with van der Waals surface area (Å²) in [6.07, 6.45) is 2.65. The van der Waals surface area contributed by atoms with Crippen LogP contribution in [0.1, 0.15) is 22.3 Å². The molecule has 0 saturated carbocycles. The van der Waals surface area contributed by atoms with E-state index in [1.165, 1.54) is 11.1 Å². The highest BCUT2D eigenvalue weighted by Crippen LogP contribution is 2.24. The van der Waals surface area contributed by atoms with Gasteiger partial charge < -0.3 is 14.6 Å². The van der Waals surface area contributed by atoms with Gasteiger partial charge in [0.1, 0.15) is 18.1 Å². The second-order valence-electron chi connectivity index (χ2n) is 5.28. The van der Waals surface area contributed by atoms with E-state index in [-0.39, 0.29) is 0 Å². The van der Waals surface area contributed by atoms with E-state index < -0.39 is 5.97 Å². The first kappa shape index (κ1) is 16.6. The summed E-state index contributed by atoms with van der Waals surface area (Å²) in [6, 6.07) is 11.4. The zero-order valence-corrected chi connectivity index (χ0v) is 13.5. The summed E-state index contributed by atoms with van der Waals surface area (Å²) in [6.45, 7) is 4.45. The molecule has 0 aromatic heterocycles. The molecule has 4 heteroatoms. The van der Waals surface area contributed by atoms with E-state index in [0.29, 0.717) is 12.4 Å².